The zero-order chi connectivity index (χ0) is 15.5. The van der Waals surface area contributed by atoms with Crippen LogP contribution in [0.5, 0.6) is 0 Å². The summed E-state index contributed by atoms with van der Waals surface area (Å²) in [4.78, 5) is 2.85. The Morgan fingerprint density at radius 1 is 1.14 bits per heavy atom. The van der Waals surface area contributed by atoms with Crippen LogP contribution in [-0.2, 0) is 4.74 Å². The fourth-order valence-corrected chi connectivity index (χ4v) is 4.29. The van der Waals surface area contributed by atoms with Gasteiger partial charge in [-0.2, -0.15) is 0 Å². The van der Waals surface area contributed by atoms with Crippen LogP contribution in [0.15, 0.2) is 0 Å². The highest BCUT2D eigenvalue weighted by Gasteiger charge is 2.45. The second-order valence-corrected chi connectivity index (χ2v) is 7.50. The summed E-state index contributed by atoms with van der Waals surface area (Å²) in [6.07, 6.45) is 9.26. The van der Waals surface area contributed by atoms with Gasteiger partial charge in [0.15, 0.2) is 0 Å². The molecule has 0 aromatic carbocycles. The van der Waals surface area contributed by atoms with Gasteiger partial charge in [0.2, 0.25) is 0 Å². The Hall–Kier alpha value is -0.120. The average molecular weight is 296 g/mol. The highest BCUT2D eigenvalue weighted by molar-refractivity contribution is 5.04. The molecule has 0 amide bonds. The van der Waals surface area contributed by atoms with Crippen LogP contribution in [0.3, 0.4) is 0 Å². The van der Waals surface area contributed by atoms with Crippen molar-refractivity contribution in [2.45, 2.75) is 95.9 Å². The van der Waals surface area contributed by atoms with E-state index >= 15 is 0 Å². The highest BCUT2D eigenvalue weighted by atomic mass is 16.5. The molecule has 0 aromatic rings. The lowest BCUT2D eigenvalue weighted by molar-refractivity contribution is -0.0557. The molecule has 0 aromatic heterocycles. The minimum Gasteiger partial charge on any atom is -0.381 e. The molecule has 124 valence electrons. The number of rotatable bonds is 5. The van der Waals surface area contributed by atoms with Crippen molar-refractivity contribution in [3.05, 3.63) is 0 Å². The molecule has 0 radical (unpaired) electrons. The number of nitrogens with one attached hydrogen (secondary N) is 1. The summed E-state index contributed by atoms with van der Waals surface area (Å²) in [5, 5.41) is 3.89. The molecule has 1 heterocycles. The molecule has 3 atom stereocenters. The second kappa shape index (κ2) is 6.97. The number of piperazine rings is 1. The van der Waals surface area contributed by atoms with Gasteiger partial charge in [0.25, 0.3) is 0 Å². The van der Waals surface area contributed by atoms with Crippen molar-refractivity contribution in [3.8, 4) is 0 Å². The van der Waals surface area contributed by atoms with Crippen LogP contribution in [0.4, 0.5) is 0 Å². The SMILES string of the molecule is CCC1(CC)CN(C2CCCC(OC)C2)C(C)(CC)CN1. The van der Waals surface area contributed by atoms with Gasteiger partial charge in [-0.15, -0.1) is 0 Å². The Labute approximate surface area is 131 Å². The fraction of sp³-hybridized carbons (Fsp3) is 1.00. The van der Waals surface area contributed by atoms with E-state index in [0.29, 0.717) is 23.2 Å². The van der Waals surface area contributed by atoms with Gasteiger partial charge in [0, 0.05) is 37.3 Å². The first kappa shape index (κ1) is 17.2. The van der Waals surface area contributed by atoms with Crippen molar-refractivity contribution in [1.29, 1.82) is 0 Å². The fourth-order valence-electron chi connectivity index (χ4n) is 4.29. The van der Waals surface area contributed by atoms with Crippen molar-refractivity contribution in [1.82, 2.24) is 10.2 Å². The first-order chi connectivity index (χ1) is 10.0. The topological polar surface area (TPSA) is 24.5 Å². The third-order valence-corrected chi connectivity index (χ3v) is 6.50. The lowest BCUT2D eigenvalue weighted by atomic mass is 9.79. The van der Waals surface area contributed by atoms with Crippen LogP contribution in [0.2, 0.25) is 0 Å². The molecule has 2 aliphatic rings. The monoisotopic (exact) mass is 296 g/mol. The summed E-state index contributed by atoms with van der Waals surface area (Å²) in [5.41, 5.74) is 0.614. The van der Waals surface area contributed by atoms with Crippen molar-refractivity contribution < 1.29 is 4.74 Å². The lowest BCUT2D eigenvalue weighted by Gasteiger charge is -2.56. The average Bonchev–Trinajstić information content (AvgIpc) is 2.55. The maximum Gasteiger partial charge on any atom is 0.0586 e. The summed E-state index contributed by atoms with van der Waals surface area (Å²) in [5.74, 6) is 0. The van der Waals surface area contributed by atoms with E-state index in [-0.39, 0.29) is 0 Å². The van der Waals surface area contributed by atoms with Gasteiger partial charge in [-0.1, -0.05) is 20.8 Å². The molecule has 1 aliphatic heterocycles. The van der Waals surface area contributed by atoms with E-state index in [1.807, 2.05) is 7.11 Å². The molecule has 1 saturated heterocycles. The van der Waals surface area contributed by atoms with E-state index in [4.69, 9.17) is 4.74 Å². The zero-order valence-electron chi connectivity index (χ0n) is 14.9. The molecule has 2 rings (SSSR count). The van der Waals surface area contributed by atoms with Crippen LogP contribution in [0, 0.1) is 0 Å². The number of nitrogens with zero attached hydrogens (tertiary/aromatic N) is 1. The Morgan fingerprint density at radius 2 is 1.86 bits per heavy atom. The second-order valence-electron chi connectivity index (χ2n) is 7.50. The van der Waals surface area contributed by atoms with Crippen LogP contribution in [0.25, 0.3) is 0 Å². The number of hydrogen-bond donors (Lipinski definition) is 1. The van der Waals surface area contributed by atoms with Crippen molar-refractivity contribution in [2.24, 2.45) is 0 Å². The third kappa shape index (κ3) is 3.46. The van der Waals surface area contributed by atoms with Gasteiger partial charge in [-0.05, 0) is 51.9 Å². The van der Waals surface area contributed by atoms with E-state index in [1.54, 1.807) is 0 Å². The minimum absolute atomic E-state index is 0.300. The predicted octanol–water partition coefficient (Wildman–Crippen LogP) is 3.58. The standard InChI is InChI=1S/C18H36N2O/c1-6-17(4)13-19-18(7-2,8-3)14-20(17)15-10-9-11-16(12-15)21-5/h15-16,19H,6-14H2,1-5H3. The zero-order valence-corrected chi connectivity index (χ0v) is 14.9. The maximum absolute atomic E-state index is 5.68. The summed E-state index contributed by atoms with van der Waals surface area (Å²) in [6.45, 7) is 11.8. The lowest BCUT2D eigenvalue weighted by Crippen LogP contribution is -2.71. The quantitative estimate of drug-likeness (QED) is 0.839. The van der Waals surface area contributed by atoms with Gasteiger partial charge in [0.1, 0.15) is 0 Å². The van der Waals surface area contributed by atoms with Gasteiger partial charge in [-0.25, -0.2) is 0 Å². The van der Waals surface area contributed by atoms with Gasteiger partial charge < -0.3 is 10.1 Å². The number of ether oxygens (including phenoxy) is 1. The molecule has 1 aliphatic carbocycles. The van der Waals surface area contributed by atoms with Crippen LogP contribution in [0.1, 0.15) is 72.6 Å². The molecular weight excluding hydrogens is 260 g/mol. The summed E-state index contributed by atoms with van der Waals surface area (Å²) in [7, 11) is 1.88. The number of hydrogen-bond acceptors (Lipinski definition) is 3. The largest absolute Gasteiger partial charge is 0.381 e. The Kier molecular flexibility index (Phi) is 5.72. The predicted molar refractivity (Wildman–Crippen MR) is 89.8 cm³/mol. The van der Waals surface area contributed by atoms with Gasteiger partial charge in [-0.3, -0.25) is 4.90 Å². The molecule has 1 N–H and O–H groups in total. The minimum atomic E-state index is 0.300. The molecule has 21 heavy (non-hydrogen) atoms. The smallest absolute Gasteiger partial charge is 0.0586 e. The first-order valence-electron chi connectivity index (χ1n) is 9.07. The molecule has 3 nitrogen and oxygen atoms in total. The first-order valence-corrected chi connectivity index (χ1v) is 9.07. The summed E-state index contributed by atoms with van der Waals surface area (Å²) < 4.78 is 5.68. The van der Waals surface area contributed by atoms with Gasteiger partial charge >= 0.3 is 0 Å². The van der Waals surface area contributed by atoms with E-state index < -0.39 is 0 Å². The Bertz CT molecular complexity index is 329. The van der Waals surface area contributed by atoms with Crippen molar-refractivity contribution in [3.63, 3.8) is 0 Å². The van der Waals surface area contributed by atoms with E-state index in [0.717, 1.165) is 6.54 Å². The third-order valence-electron chi connectivity index (χ3n) is 6.50. The van der Waals surface area contributed by atoms with Crippen molar-refractivity contribution >= 4 is 0 Å². The molecule has 2 fully saturated rings. The molecular formula is C18H36N2O. The molecule has 3 unspecified atom stereocenters. The number of methoxy groups -OCH3 is 1. The highest BCUT2D eigenvalue weighted by Crippen LogP contribution is 2.36. The normalized spacial score (nSPS) is 37.6. The summed E-state index contributed by atoms with van der Waals surface area (Å²) >= 11 is 0. The Morgan fingerprint density at radius 3 is 2.43 bits per heavy atom. The van der Waals surface area contributed by atoms with E-state index in [9.17, 15) is 0 Å². The summed E-state index contributed by atoms with van der Waals surface area (Å²) in [6, 6.07) is 0.702. The Balaban J connectivity index is 2.18. The molecule has 1 saturated carbocycles. The maximum atomic E-state index is 5.68. The van der Waals surface area contributed by atoms with E-state index in [2.05, 4.69) is 37.9 Å². The molecule has 0 spiro atoms. The molecule has 0 bridgehead atoms. The van der Waals surface area contributed by atoms with Crippen LogP contribution >= 0.6 is 0 Å². The molecule has 3 heteroatoms. The van der Waals surface area contributed by atoms with Crippen molar-refractivity contribution in [2.75, 3.05) is 20.2 Å². The van der Waals surface area contributed by atoms with Crippen LogP contribution in [-0.4, -0.2) is 48.3 Å². The van der Waals surface area contributed by atoms with Gasteiger partial charge in [0.05, 0.1) is 6.10 Å². The van der Waals surface area contributed by atoms with E-state index in [1.165, 1.54) is 51.5 Å². The van der Waals surface area contributed by atoms with Crippen LogP contribution < -0.4 is 5.32 Å².